The summed E-state index contributed by atoms with van der Waals surface area (Å²) in [7, 11) is 0. The van der Waals surface area contributed by atoms with E-state index in [-0.39, 0.29) is 18.0 Å². The first-order valence-corrected chi connectivity index (χ1v) is 9.51. The summed E-state index contributed by atoms with van der Waals surface area (Å²) in [5, 5.41) is 9.12. The highest BCUT2D eigenvalue weighted by atomic mass is 32.1. The van der Waals surface area contributed by atoms with Gasteiger partial charge in [0.2, 0.25) is 5.91 Å². The van der Waals surface area contributed by atoms with Crippen LogP contribution in [-0.4, -0.2) is 20.1 Å². The molecule has 0 aliphatic rings. The van der Waals surface area contributed by atoms with Gasteiger partial charge in [0.25, 0.3) is 5.56 Å². The van der Waals surface area contributed by atoms with Crippen molar-refractivity contribution >= 4 is 44.3 Å². The van der Waals surface area contributed by atoms with Crippen molar-refractivity contribution in [1.82, 2.24) is 19.5 Å². The molecule has 1 N–H and O–H groups in total. The Bertz CT molecular complexity index is 1140. The summed E-state index contributed by atoms with van der Waals surface area (Å²) >= 11 is 3.23. The van der Waals surface area contributed by atoms with Crippen LogP contribution in [0.25, 0.3) is 15.7 Å². The predicted octanol–water partition coefficient (Wildman–Crippen LogP) is 2.71. The summed E-state index contributed by atoms with van der Waals surface area (Å²) in [5.41, 5.74) is 1.30. The molecular weight excluding hydrogens is 356 g/mol. The van der Waals surface area contributed by atoms with Crippen LogP contribution in [0.2, 0.25) is 0 Å². The third-order valence-electron chi connectivity index (χ3n) is 3.99. The molecule has 0 aromatic carbocycles. The van der Waals surface area contributed by atoms with Crippen molar-refractivity contribution in [2.24, 2.45) is 0 Å². The van der Waals surface area contributed by atoms with Crippen molar-refractivity contribution < 1.29 is 4.79 Å². The van der Waals surface area contributed by atoms with Gasteiger partial charge in [-0.3, -0.25) is 14.0 Å². The molecule has 4 aromatic heterocycles. The van der Waals surface area contributed by atoms with E-state index in [1.807, 2.05) is 41.8 Å². The molecule has 0 radical (unpaired) electrons. The van der Waals surface area contributed by atoms with E-state index in [2.05, 4.69) is 16.5 Å². The van der Waals surface area contributed by atoms with Gasteiger partial charge in [0.05, 0.1) is 16.8 Å². The van der Waals surface area contributed by atoms with Crippen LogP contribution in [0, 0.1) is 13.8 Å². The fraction of sp³-hybridized carbons (Fsp3) is 0.235. The number of carbonyl (C=O) groups is 1. The quantitative estimate of drug-likeness (QED) is 0.599. The number of hydrogen-bond acceptors (Lipinski definition) is 5. The second-order valence-electron chi connectivity index (χ2n) is 5.84. The van der Waals surface area contributed by atoms with Gasteiger partial charge in [-0.25, -0.2) is 4.68 Å². The number of rotatable bonds is 4. The van der Waals surface area contributed by atoms with Crippen molar-refractivity contribution in [1.29, 1.82) is 0 Å². The largest absolute Gasteiger partial charge is 0.350 e. The molecule has 0 fully saturated rings. The first-order chi connectivity index (χ1) is 12.0. The van der Waals surface area contributed by atoms with Crippen LogP contribution in [0.15, 0.2) is 34.4 Å². The Kier molecular flexibility index (Phi) is 3.93. The van der Waals surface area contributed by atoms with Crippen molar-refractivity contribution in [3.63, 3.8) is 0 Å². The Labute approximate surface area is 151 Å². The van der Waals surface area contributed by atoms with Crippen molar-refractivity contribution in [3.05, 3.63) is 55.6 Å². The molecule has 4 rings (SSSR count). The van der Waals surface area contributed by atoms with Gasteiger partial charge in [0.15, 0.2) is 0 Å². The van der Waals surface area contributed by atoms with E-state index in [0.29, 0.717) is 17.9 Å². The van der Waals surface area contributed by atoms with Crippen molar-refractivity contribution in [3.8, 4) is 0 Å². The van der Waals surface area contributed by atoms with Crippen LogP contribution in [0.3, 0.4) is 0 Å². The smallest absolute Gasteiger partial charge is 0.291 e. The van der Waals surface area contributed by atoms with E-state index < -0.39 is 0 Å². The molecule has 4 heterocycles. The van der Waals surface area contributed by atoms with Gasteiger partial charge < -0.3 is 5.32 Å². The van der Waals surface area contributed by atoms with E-state index in [1.54, 1.807) is 22.7 Å². The molecule has 8 heteroatoms. The van der Waals surface area contributed by atoms with Gasteiger partial charge in [-0.2, -0.15) is 5.10 Å². The fourth-order valence-electron chi connectivity index (χ4n) is 2.92. The number of carbonyl (C=O) groups excluding carboxylic acids is 1. The number of hydrogen-bond donors (Lipinski definition) is 1. The number of nitrogens with zero attached hydrogens (tertiary/aromatic N) is 3. The summed E-state index contributed by atoms with van der Waals surface area (Å²) in [6, 6.07) is 7.83. The molecular formula is C17H16N4O2S2. The lowest BCUT2D eigenvalue weighted by Crippen LogP contribution is -2.34. The minimum absolute atomic E-state index is 0.0839. The molecule has 0 aliphatic heterocycles. The Balaban J connectivity index is 1.64. The zero-order valence-corrected chi connectivity index (χ0v) is 15.4. The van der Waals surface area contributed by atoms with Gasteiger partial charge in [0.1, 0.15) is 17.9 Å². The van der Waals surface area contributed by atoms with Crippen LogP contribution in [0.4, 0.5) is 0 Å². The number of thiophene rings is 2. The lowest BCUT2D eigenvalue weighted by molar-refractivity contribution is -0.122. The topological polar surface area (TPSA) is 68.4 Å². The fourth-order valence-corrected chi connectivity index (χ4v) is 4.50. The van der Waals surface area contributed by atoms with Crippen LogP contribution in [-0.2, 0) is 17.9 Å². The monoisotopic (exact) mass is 372 g/mol. The second kappa shape index (κ2) is 6.12. The average molecular weight is 372 g/mol. The summed E-state index contributed by atoms with van der Waals surface area (Å²) in [4.78, 5) is 27.1. The Morgan fingerprint density at radius 3 is 2.88 bits per heavy atom. The first kappa shape index (κ1) is 16.0. The third kappa shape index (κ3) is 2.87. The molecule has 128 valence electrons. The Morgan fingerprint density at radius 1 is 1.28 bits per heavy atom. The molecule has 0 atom stereocenters. The lowest BCUT2D eigenvalue weighted by Gasteiger charge is -2.08. The number of aryl methyl sites for hydroxylation is 2. The van der Waals surface area contributed by atoms with E-state index in [0.717, 1.165) is 15.1 Å². The molecule has 0 spiro atoms. The summed E-state index contributed by atoms with van der Waals surface area (Å²) in [6.07, 6.45) is 0. The summed E-state index contributed by atoms with van der Waals surface area (Å²) in [6.45, 7) is 4.27. The van der Waals surface area contributed by atoms with Crippen LogP contribution < -0.4 is 10.9 Å². The molecule has 0 unspecified atom stereocenters. The third-order valence-corrected chi connectivity index (χ3v) is 5.85. The van der Waals surface area contributed by atoms with Gasteiger partial charge in [-0.1, -0.05) is 6.07 Å². The van der Waals surface area contributed by atoms with Crippen LogP contribution in [0.5, 0.6) is 0 Å². The number of amides is 1. The highest BCUT2D eigenvalue weighted by molar-refractivity contribution is 7.19. The molecule has 0 saturated heterocycles. The molecule has 0 saturated carbocycles. The lowest BCUT2D eigenvalue weighted by atomic mass is 10.4. The maximum absolute atomic E-state index is 12.7. The first-order valence-electron chi connectivity index (χ1n) is 7.81. The van der Waals surface area contributed by atoms with Gasteiger partial charge >= 0.3 is 0 Å². The zero-order chi connectivity index (χ0) is 17.6. The van der Waals surface area contributed by atoms with Gasteiger partial charge in [-0.15, -0.1) is 22.7 Å². The van der Waals surface area contributed by atoms with Crippen molar-refractivity contribution in [2.45, 2.75) is 26.9 Å². The SMILES string of the molecule is Cc1cc2c(cc3c(=O)n(CC(=O)NCc4cccs4)nc(C)n32)s1. The zero-order valence-electron chi connectivity index (χ0n) is 13.8. The highest BCUT2D eigenvalue weighted by Gasteiger charge is 2.15. The molecule has 0 bridgehead atoms. The molecule has 6 nitrogen and oxygen atoms in total. The molecule has 25 heavy (non-hydrogen) atoms. The number of nitrogens with one attached hydrogen (secondary N) is 1. The molecule has 4 aromatic rings. The standard InChI is InChI=1S/C17H16N4O2S2/c1-10-6-13-15(25-10)7-14-17(23)20(19-11(2)21(13)14)9-16(22)18-8-12-4-3-5-24-12/h3-7H,8-9H2,1-2H3,(H,18,22). The van der Waals surface area contributed by atoms with Crippen LogP contribution >= 0.6 is 22.7 Å². The van der Waals surface area contributed by atoms with E-state index in [1.165, 1.54) is 9.56 Å². The maximum atomic E-state index is 12.7. The van der Waals surface area contributed by atoms with Gasteiger partial charge in [0, 0.05) is 9.75 Å². The van der Waals surface area contributed by atoms with E-state index >= 15 is 0 Å². The minimum atomic E-state index is -0.252. The Morgan fingerprint density at radius 2 is 2.12 bits per heavy atom. The second-order valence-corrected chi connectivity index (χ2v) is 8.16. The molecule has 0 aliphatic carbocycles. The summed E-state index contributed by atoms with van der Waals surface area (Å²) < 4.78 is 4.16. The molecule has 1 amide bonds. The van der Waals surface area contributed by atoms with Crippen LogP contribution in [0.1, 0.15) is 15.6 Å². The van der Waals surface area contributed by atoms with E-state index in [4.69, 9.17) is 0 Å². The highest BCUT2D eigenvalue weighted by Crippen LogP contribution is 2.27. The minimum Gasteiger partial charge on any atom is -0.350 e. The predicted molar refractivity (Wildman–Crippen MR) is 100 cm³/mol. The average Bonchev–Trinajstić information content (AvgIpc) is 3.25. The number of aromatic nitrogens is 3. The van der Waals surface area contributed by atoms with Gasteiger partial charge in [-0.05, 0) is 37.4 Å². The normalized spacial score (nSPS) is 11.4. The number of fused-ring (bicyclic) bond motifs is 3. The maximum Gasteiger partial charge on any atom is 0.291 e. The Hall–Kier alpha value is -2.45. The van der Waals surface area contributed by atoms with Crippen molar-refractivity contribution in [2.75, 3.05) is 0 Å². The summed E-state index contributed by atoms with van der Waals surface area (Å²) in [5.74, 6) is 0.462. The van der Waals surface area contributed by atoms with E-state index in [9.17, 15) is 9.59 Å².